The summed E-state index contributed by atoms with van der Waals surface area (Å²) in [5.41, 5.74) is 0. The molecule has 0 spiro atoms. The van der Waals surface area contributed by atoms with Gasteiger partial charge in [-0.25, -0.2) is 0 Å². The fourth-order valence-electron chi connectivity index (χ4n) is 11.7. The predicted octanol–water partition coefficient (Wildman–Crippen LogP) is 9.50. The summed E-state index contributed by atoms with van der Waals surface area (Å²) in [5, 5.41) is 0. The summed E-state index contributed by atoms with van der Waals surface area (Å²) in [6.45, 7) is 45.7. The van der Waals surface area contributed by atoms with Crippen molar-refractivity contribution in [1.82, 2.24) is 0 Å². The van der Waals surface area contributed by atoms with Crippen molar-refractivity contribution >= 4 is 81.5 Å². The van der Waals surface area contributed by atoms with E-state index in [0.717, 1.165) is 4.60 Å². The second-order valence-corrected chi connectivity index (χ2v) is 82.8. The Labute approximate surface area is 205 Å². The molecule has 0 aromatic rings. The van der Waals surface area contributed by atoms with Crippen LogP contribution in [0.2, 0.25) is 126 Å². The third-order valence-electron chi connectivity index (χ3n) is 9.31. The summed E-state index contributed by atoms with van der Waals surface area (Å²) in [7, 11) is -8.26. The number of hydrogen-bond acceptors (Lipinski definition) is 0. The van der Waals surface area contributed by atoms with Crippen molar-refractivity contribution in [2.24, 2.45) is 0 Å². The molecule has 0 unspecified atom stereocenters. The number of hydrogen-bond donors (Lipinski definition) is 0. The van der Waals surface area contributed by atoms with Crippen LogP contribution in [0.15, 0.2) is 0 Å². The van der Waals surface area contributed by atoms with Crippen LogP contribution in [-0.2, 0) is 0 Å². The molecule has 0 bridgehead atoms. The molecule has 1 aliphatic rings. The molecule has 1 rings (SSSR count). The molecule has 8 heteroatoms. The van der Waals surface area contributed by atoms with Gasteiger partial charge in [-0.05, 0) is 0 Å². The van der Waals surface area contributed by atoms with Crippen LogP contribution in [0.4, 0.5) is 0 Å². The molecule has 1 saturated heterocycles. The summed E-state index contributed by atoms with van der Waals surface area (Å²) in [6, 6.07) is 3.29. The van der Waals surface area contributed by atoms with Gasteiger partial charge in [0.05, 0.1) is 0 Å². The molecule has 174 valence electrons. The Morgan fingerprint density at radius 3 is 0.862 bits per heavy atom. The van der Waals surface area contributed by atoms with Gasteiger partial charge < -0.3 is 0 Å². The van der Waals surface area contributed by atoms with E-state index >= 15 is 0 Å². The first kappa shape index (κ1) is 29.9. The molecule has 0 saturated carbocycles. The molecule has 1 aliphatic heterocycles. The molecular weight excluding hydrogens is 666 g/mol. The van der Waals surface area contributed by atoms with Gasteiger partial charge in [0.15, 0.2) is 0 Å². The second-order valence-electron chi connectivity index (χ2n) is 15.8. The Kier molecular flexibility index (Phi) is 8.16. The van der Waals surface area contributed by atoms with E-state index in [1.165, 1.54) is 0 Å². The van der Waals surface area contributed by atoms with Gasteiger partial charge in [-0.1, -0.05) is 0 Å². The quantitative estimate of drug-likeness (QED) is 0.201. The Bertz CT molecular complexity index is 548. The first-order valence-electron chi connectivity index (χ1n) is 11.9. The first-order chi connectivity index (χ1) is 12.2. The summed E-state index contributed by atoms with van der Waals surface area (Å²) in [5.74, 6) is 0. The average molecular weight is 722 g/mol. The monoisotopic (exact) mass is 722 g/mol. The summed E-state index contributed by atoms with van der Waals surface area (Å²) < 4.78 is 1.70. The zero-order valence-corrected chi connectivity index (χ0v) is 34.3. The van der Waals surface area contributed by atoms with Crippen molar-refractivity contribution in [3.8, 4) is 0 Å². The molecule has 0 N–H and O–H groups in total. The third kappa shape index (κ3) is 3.83. The Hall–Kier alpha value is 2.83. The second kappa shape index (κ2) is 7.93. The molecule has 0 amide bonds. The first-order valence-corrected chi connectivity index (χ1v) is 46.3. The van der Waals surface area contributed by atoms with Gasteiger partial charge in [-0.3, -0.25) is 0 Å². The van der Waals surface area contributed by atoms with Gasteiger partial charge in [0.2, 0.25) is 0 Å². The molecule has 0 nitrogen and oxygen atoms in total. The Balaban J connectivity index is 4.52. The maximum atomic E-state index is 3.42. The fraction of sp³-hybridized carbons (Fsp3) is 1.00. The van der Waals surface area contributed by atoms with Crippen LogP contribution in [0.3, 0.4) is 0 Å². The molecule has 29 heavy (non-hydrogen) atoms. The van der Waals surface area contributed by atoms with E-state index in [0.29, 0.717) is 0 Å². The molecular formula is C21H55ISi6Sn. The van der Waals surface area contributed by atoms with Gasteiger partial charge in [0.25, 0.3) is 0 Å². The van der Waals surface area contributed by atoms with Crippen molar-refractivity contribution in [2.75, 3.05) is 0 Å². The standard InChI is InChI=1S/C20H52Si6.CH3.HI.Sn/c1-21(2,3)19(22(4,5)6)25(13,14)17-18-26(15,16)20(23(7,8)9)24(10,11)12;;;/h17-18H2,1-16H3;1H3;1H;/q;;;+1/p-1. The molecule has 0 aromatic carbocycles. The van der Waals surface area contributed by atoms with E-state index in [-0.39, 0.29) is 0 Å². The van der Waals surface area contributed by atoms with Gasteiger partial charge in [0.1, 0.15) is 0 Å². The van der Waals surface area contributed by atoms with Crippen LogP contribution in [-0.4, -0.2) is 62.9 Å². The van der Waals surface area contributed by atoms with Crippen molar-refractivity contribution in [2.45, 2.75) is 126 Å². The van der Waals surface area contributed by atoms with E-state index in [1.54, 1.807) is 12.1 Å². The van der Waals surface area contributed by atoms with Gasteiger partial charge in [-0.2, -0.15) is 0 Å². The third-order valence-corrected chi connectivity index (χ3v) is 149. The van der Waals surface area contributed by atoms with E-state index in [1.807, 2.05) is 0 Å². The number of halogens is 1. The van der Waals surface area contributed by atoms with E-state index in [4.69, 9.17) is 0 Å². The minimum atomic E-state index is -2.75. The van der Waals surface area contributed by atoms with Crippen LogP contribution < -0.4 is 0 Å². The summed E-state index contributed by atoms with van der Waals surface area (Å²) in [4.78, 5) is 3.08. The van der Waals surface area contributed by atoms with Crippen molar-refractivity contribution < 1.29 is 0 Å². The van der Waals surface area contributed by atoms with E-state index < -0.39 is 62.9 Å². The maximum absolute atomic E-state index is 3.42. The van der Waals surface area contributed by atoms with Gasteiger partial charge in [-0.15, -0.1) is 0 Å². The van der Waals surface area contributed by atoms with Gasteiger partial charge >= 0.3 is 208 Å². The molecule has 0 aliphatic carbocycles. The molecule has 0 atom stereocenters. The predicted molar refractivity (Wildman–Crippen MR) is 169 cm³/mol. The van der Waals surface area contributed by atoms with Crippen LogP contribution >= 0.6 is 18.6 Å². The topological polar surface area (TPSA) is 0 Å². The van der Waals surface area contributed by atoms with Crippen molar-refractivity contribution in [3.63, 3.8) is 0 Å². The van der Waals surface area contributed by atoms with Crippen LogP contribution in [0, 0.1) is 0 Å². The minimum absolute atomic E-state index is 0.851. The van der Waals surface area contributed by atoms with Crippen molar-refractivity contribution in [1.29, 1.82) is 0 Å². The van der Waals surface area contributed by atoms with Crippen LogP contribution in [0.5, 0.6) is 0 Å². The van der Waals surface area contributed by atoms with E-state index in [2.05, 4.69) is 128 Å². The average Bonchev–Trinajstić information content (AvgIpc) is 2.31. The van der Waals surface area contributed by atoms with Gasteiger partial charge in [0, 0.05) is 0 Å². The SMILES string of the molecule is C[Si](C)(C)[C]1([Si](C)(C)C)[Si](C)(C)CC[Si](C)(C)[C]([Si](C)(C)C)([Si](C)(C)C)[Sn]1([CH3])[I]. The van der Waals surface area contributed by atoms with Crippen LogP contribution in [0.25, 0.3) is 0 Å². The molecule has 1 fully saturated rings. The zero-order valence-electron chi connectivity index (χ0n) is 23.3. The normalized spacial score (nSPS) is 26.7. The van der Waals surface area contributed by atoms with Crippen molar-refractivity contribution in [3.05, 3.63) is 0 Å². The molecule has 0 radical (unpaired) electrons. The fourth-order valence-corrected chi connectivity index (χ4v) is 261. The Morgan fingerprint density at radius 1 is 0.552 bits per heavy atom. The molecule has 0 aromatic heterocycles. The van der Waals surface area contributed by atoms with E-state index in [9.17, 15) is 0 Å². The summed E-state index contributed by atoms with van der Waals surface area (Å²) >= 11 is 0.664. The Morgan fingerprint density at radius 2 is 0.724 bits per heavy atom. The molecule has 1 heterocycles. The summed E-state index contributed by atoms with van der Waals surface area (Å²) in [6.07, 6.45) is 0. The zero-order chi connectivity index (χ0) is 23.9. The number of rotatable bonds is 4. The van der Waals surface area contributed by atoms with Crippen LogP contribution in [0.1, 0.15) is 0 Å².